The van der Waals surface area contributed by atoms with E-state index in [1.54, 1.807) is 0 Å². The first-order valence-corrected chi connectivity index (χ1v) is 5.76. The lowest BCUT2D eigenvalue weighted by Crippen LogP contribution is -2.29. The van der Waals surface area contributed by atoms with Crippen LogP contribution in [0.5, 0.6) is 0 Å². The summed E-state index contributed by atoms with van der Waals surface area (Å²) >= 11 is 1.90. The third-order valence-corrected chi connectivity index (χ3v) is 3.28. The molecule has 1 fully saturated rings. The zero-order valence-electron chi connectivity index (χ0n) is 9.44. The van der Waals surface area contributed by atoms with E-state index in [0.717, 1.165) is 19.9 Å². The van der Waals surface area contributed by atoms with E-state index in [4.69, 9.17) is 4.74 Å². The van der Waals surface area contributed by atoms with Crippen LogP contribution in [-0.2, 0) is 4.74 Å². The second kappa shape index (κ2) is 5.05. The molecule has 0 bridgehead atoms. The molecule has 2 aliphatic rings. The molecule has 3 nitrogen and oxygen atoms in total. The third-order valence-electron chi connectivity index (χ3n) is 2.05. The summed E-state index contributed by atoms with van der Waals surface area (Å²) in [6, 6.07) is 0. The predicted molar refractivity (Wildman–Crippen MR) is 62.0 cm³/mol. The lowest BCUT2D eigenvalue weighted by molar-refractivity contribution is 0.194. The maximum absolute atomic E-state index is 4.83. The number of rotatable bonds is 0. The van der Waals surface area contributed by atoms with Gasteiger partial charge in [-0.15, -0.1) is 11.8 Å². The van der Waals surface area contributed by atoms with Gasteiger partial charge >= 0.3 is 0 Å². The number of hydrogen-bond acceptors (Lipinski definition) is 4. The van der Waals surface area contributed by atoms with Crippen LogP contribution in [0.25, 0.3) is 0 Å². The second-order valence-corrected chi connectivity index (χ2v) is 5.81. The Hall–Kier alpha value is -0.190. The van der Waals surface area contributed by atoms with Crippen LogP contribution in [0, 0.1) is 0 Å². The molecule has 2 N–H and O–H groups in total. The maximum Gasteiger partial charge on any atom is 0.0966 e. The average Bonchev–Trinajstić information content (AvgIpc) is 2.63. The third kappa shape index (κ3) is 3.90. The van der Waals surface area contributed by atoms with Crippen LogP contribution in [0.15, 0.2) is 10.6 Å². The minimum Gasteiger partial charge on any atom is -0.374 e. The number of nitrogens with one attached hydrogen (secondary N) is 2. The Labute approximate surface area is 90.7 Å². The van der Waals surface area contributed by atoms with Gasteiger partial charge in [-0.1, -0.05) is 0 Å². The van der Waals surface area contributed by atoms with Gasteiger partial charge in [0.05, 0.1) is 18.2 Å². The molecule has 0 amide bonds. The summed E-state index contributed by atoms with van der Waals surface area (Å²) in [4.78, 5) is 1.65. The maximum atomic E-state index is 4.83. The molecule has 0 unspecified atom stereocenters. The van der Waals surface area contributed by atoms with Gasteiger partial charge in [-0.2, -0.15) is 0 Å². The largest absolute Gasteiger partial charge is 0.374 e. The van der Waals surface area contributed by atoms with Crippen molar-refractivity contribution >= 4 is 11.8 Å². The predicted octanol–water partition coefficient (Wildman–Crippen LogP) is 1.87. The molecule has 0 radical (unpaired) electrons. The summed E-state index contributed by atoms with van der Waals surface area (Å²) in [5.74, 6) is 0. The Kier molecular flexibility index (Phi) is 4.29. The van der Waals surface area contributed by atoms with Gasteiger partial charge in [-0.05, 0) is 27.7 Å². The highest BCUT2D eigenvalue weighted by Crippen LogP contribution is 2.36. The quantitative estimate of drug-likeness (QED) is 0.648. The molecular weight excluding hydrogens is 196 g/mol. The lowest BCUT2D eigenvalue weighted by Gasteiger charge is -2.18. The molecule has 14 heavy (non-hydrogen) atoms. The van der Waals surface area contributed by atoms with Gasteiger partial charge in [-0.25, -0.2) is 0 Å². The molecule has 0 aromatic carbocycles. The van der Waals surface area contributed by atoms with Crippen LogP contribution in [-0.4, -0.2) is 24.8 Å². The number of ether oxygens (including phenoxy) is 1. The molecule has 2 rings (SSSR count). The van der Waals surface area contributed by atoms with E-state index in [1.807, 2.05) is 11.8 Å². The van der Waals surface area contributed by atoms with Crippen molar-refractivity contribution in [3.05, 3.63) is 10.6 Å². The van der Waals surface area contributed by atoms with E-state index in [-0.39, 0.29) is 4.87 Å². The average molecular weight is 216 g/mol. The van der Waals surface area contributed by atoms with Gasteiger partial charge in [0.2, 0.25) is 0 Å². The molecule has 0 aromatic rings. The van der Waals surface area contributed by atoms with Crippen molar-refractivity contribution in [2.75, 3.05) is 19.9 Å². The van der Waals surface area contributed by atoms with E-state index in [1.165, 1.54) is 10.6 Å². The Bertz CT molecular complexity index is 199. The first-order valence-electron chi connectivity index (χ1n) is 4.94. The summed E-state index contributed by atoms with van der Waals surface area (Å²) in [7, 11) is 0. The van der Waals surface area contributed by atoms with E-state index >= 15 is 0 Å². The Morgan fingerprint density at radius 1 is 1.36 bits per heavy atom. The summed E-state index contributed by atoms with van der Waals surface area (Å²) in [5.41, 5.74) is 1.32. The molecule has 2 heterocycles. The van der Waals surface area contributed by atoms with Crippen LogP contribution >= 0.6 is 11.8 Å². The Morgan fingerprint density at radius 2 is 2.07 bits per heavy atom. The molecule has 0 atom stereocenters. The molecule has 0 spiro atoms. The smallest absolute Gasteiger partial charge is 0.0966 e. The molecule has 0 aliphatic carbocycles. The number of thioether (sulfide) groups is 1. The highest BCUT2D eigenvalue weighted by atomic mass is 32.2. The van der Waals surface area contributed by atoms with Crippen molar-refractivity contribution in [3.63, 3.8) is 0 Å². The van der Waals surface area contributed by atoms with Gasteiger partial charge < -0.3 is 10.1 Å². The fraction of sp³-hybridized carbons (Fsp3) is 0.800. The van der Waals surface area contributed by atoms with E-state index in [0.29, 0.717) is 0 Å². The van der Waals surface area contributed by atoms with Gasteiger partial charge in [0.15, 0.2) is 0 Å². The van der Waals surface area contributed by atoms with Crippen molar-refractivity contribution < 1.29 is 4.74 Å². The topological polar surface area (TPSA) is 33.3 Å². The van der Waals surface area contributed by atoms with Crippen LogP contribution in [0.4, 0.5) is 0 Å². The summed E-state index contributed by atoms with van der Waals surface area (Å²) < 4.78 is 4.83. The zero-order valence-corrected chi connectivity index (χ0v) is 10.3. The fourth-order valence-corrected chi connectivity index (χ4v) is 2.56. The monoisotopic (exact) mass is 216 g/mol. The van der Waals surface area contributed by atoms with Crippen LogP contribution in [0.2, 0.25) is 0 Å². The van der Waals surface area contributed by atoms with Crippen molar-refractivity contribution in [2.45, 2.75) is 32.6 Å². The van der Waals surface area contributed by atoms with E-state index in [9.17, 15) is 0 Å². The van der Waals surface area contributed by atoms with Crippen molar-refractivity contribution in [1.82, 2.24) is 10.6 Å². The van der Waals surface area contributed by atoms with Gasteiger partial charge in [0.1, 0.15) is 0 Å². The minimum absolute atomic E-state index is 0.230. The molecule has 2 aliphatic heterocycles. The van der Waals surface area contributed by atoms with Crippen molar-refractivity contribution in [2.24, 2.45) is 0 Å². The zero-order chi connectivity index (χ0) is 10.6. The highest BCUT2D eigenvalue weighted by molar-refractivity contribution is 8.04. The Balaban J connectivity index is 0.000000165. The minimum atomic E-state index is 0.230. The summed E-state index contributed by atoms with van der Waals surface area (Å²) in [6.07, 6.45) is 0. The van der Waals surface area contributed by atoms with Gasteiger partial charge in [0.25, 0.3) is 0 Å². The van der Waals surface area contributed by atoms with Crippen LogP contribution < -0.4 is 10.6 Å². The molecule has 82 valence electrons. The van der Waals surface area contributed by atoms with Crippen LogP contribution in [0.1, 0.15) is 27.7 Å². The molecule has 0 aromatic heterocycles. The molecule has 0 saturated carbocycles. The van der Waals surface area contributed by atoms with Gasteiger partial charge in [-0.3, -0.25) is 5.32 Å². The Morgan fingerprint density at radius 3 is 2.21 bits per heavy atom. The first kappa shape index (κ1) is 11.9. The van der Waals surface area contributed by atoms with Crippen molar-refractivity contribution in [3.8, 4) is 0 Å². The fourth-order valence-electron chi connectivity index (χ4n) is 1.39. The molecule has 1 saturated heterocycles. The summed E-state index contributed by atoms with van der Waals surface area (Å²) in [5, 5.41) is 6.39. The van der Waals surface area contributed by atoms with E-state index < -0.39 is 0 Å². The van der Waals surface area contributed by atoms with Crippen molar-refractivity contribution in [1.29, 1.82) is 0 Å². The lowest BCUT2D eigenvalue weighted by atomic mass is 10.3. The molecular formula is C10H20N2OS. The second-order valence-electron chi connectivity index (χ2n) is 3.97. The summed E-state index contributed by atoms with van der Waals surface area (Å²) in [6.45, 7) is 11.3. The highest BCUT2D eigenvalue weighted by Gasteiger charge is 2.25. The normalized spacial score (nSPS) is 24.3. The number of allylic oxidation sites excluding steroid dienone is 2. The SMILES string of the molecule is C1COCN1.CC1=C(C)SC(C)(C)N1. The van der Waals surface area contributed by atoms with Gasteiger partial charge in [0, 0.05) is 17.1 Å². The van der Waals surface area contributed by atoms with E-state index in [2.05, 4.69) is 38.3 Å². The molecule has 4 heteroatoms. The number of hydrogen-bond donors (Lipinski definition) is 2. The standard InChI is InChI=1S/C7H13NS.C3H7NO/c1-5-6(2)9-7(3,4)8-5;1-2-5-3-4-1/h8H,1-4H3;4H,1-3H2. The first-order chi connectivity index (χ1) is 6.51. The van der Waals surface area contributed by atoms with Crippen LogP contribution in [0.3, 0.4) is 0 Å².